The van der Waals surface area contributed by atoms with Crippen molar-refractivity contribution in [1.82, 2.24) is 9.55 Å². The van der Waals surface area contributed by atoms with Gasteiger partial charge in [-0.05, 0) is 27.7 Å². The largest absolute Gasteiger partial charge is 0.380 e. The molecule has 17 heavy (non-hydrogen) atoms. The molecule has 0 aromatic carbocycles. The van der Waals surface area contributed by atoms with Gasteiger partial charge in [0.25, 0.3) is 5.56 Å². The predicted octanol–water partition coefficient (Wildman–Crippen LogP) is 1.45. The average molecular weight is 239 g/mol. The number of rotatable bonds is 5. The standard InChI is InChI=1S/C12H21N3O2/c1-5-17-9-7-14-10-11(16)15(8-6-13-10)12(2,3)4/h6,8H,5,7,9H2,1-4H3,(H,13,14). The molecule has 0 radical (unpaired) electrons. The Balaban J connectivity index is 2.78. The summed E-state index contributed by atoms with van der Waals surface area (Å²) in [5, 5.41) is 2.99. The van der Waals surface area contributed by atoms with Crippen molar-refractivity contribution < 1.29 is 4.74 Å². The first kappa shape index (κ1) is 13.7. The molecule has 0 spiro atoms. The molecule has 0 aliphatic heterocycles. The molecule has 0 bridgehead atoms. The summed E-state index contributed by atoms with van der Waals surface area (Å²) in [6, 6.07) is 0. The van der Waals surface area contributed by atoms with Crippen molar-refractivity contribution in [2.75, 3.05) is 25.1 Å². The number of hydrogen-bond acceptors (Lipinski definition) is 4. The molecule has 1 aromatic rings. The normalized spacial score (nSPS) is 11.5. The van der Waals surface area contributed by atoms with E-state index in [9.17, 15) is 4.79 Å². The summed E-state index contributed by atoms with van der Waals surface area (Å²) >= 11 is 0. The van der Waals surface area contributed by atoms with Crippen LogP contribution >= 0.6 is 0 Å². The Morgan fingerprint density at radius 3 is 2.76 bits per heavy atom. The van der Waals surface area contributed by atoms with Crippen molar-refractivity contribution in [1.29, 1.82) is 0 Å². The van der Waals surface area contributed by atoms with Gasteiger partial charge in [0.1, 0.15) is 0 Å². The average Bonchev–Trinajstić information content (AvgIpc) is 2.25. The molecule has 1 rings (SSSR count). The van der Waals surface area contributed by atoms with E-state index >= 15 is 0 Å². The molecule has 5 heteroatoms. The monoisotopic (exact) mass is 239 g/mol. The van der Waals surface area contributed by atoms with Crippen LogP contribution in [-0.2, 0) is 10.3 Å². The molecule has 0 aliphatic carbocycles. The van der Waals surface area contributed by atoms with E-state index in [1.54, 1.807) is 17.0 Å². The molecule has 0 fully saturated rings. The number of aromatic nitrogens is 2. The number of anilines is 1. The minimum atomic E-state index is -0.240. The van der Waals surface area contributed by atoms with Gasteiger partial charge < -0.3 is 14.6 Å². The van der Waals surface area contributed by atoms with Crippen LogP contribution in [0.2, 0.25) is 0 Å². The van der Waals surface area contributed by atoms with E-state index in [0.717, 1.165) is 0 Å². The van der Waals surface area contributed by atoms with Gasteiger partial charge >= 0.3 is 0 Å². The van der Waals surface area contributed by atoms with Gasteiger partial charge in [0, 0.05) is 31.1 Å². The lowest BCUT2D eigenvalue weighted by Crippen LogP contribution is -2.35. The Morgan fingerprint density at radius 2 is 2.18 bits per heavy atom. The highest BCUT2D eigenvalue weighted by molar-refractivity contribution is 5.30. The summed E-state index contributed by atoms with van der Waals surface area (Å²) in [5.41, 5.74) is -0.340. The maximum absolute atomic E-state index is 12.1. The predicted molar refractivity (Wildman–Crippen MR) is 68.5 cm³/mol. The van der Waals surface area contributed by atoms with Crippen LogP contribution < -0.4 is 10.9 Å². The molecule has 1 heterocycles. The van der Waals surface area contributed by atoms with E-state index in [4.69, 9.17) is 4.74 Å². The van der Waals surface area contributed by atoms with Crippen LogP contribution in [0.15, 0.2) is 17.2 Å². The number of ether oxygens (including phenoxy) is 1. The summed E-state index contributed by atoms with van der Waals surface area (Å²) in [6.45, 7) is 9.73. The maximum atomic E-state index is 12.1. The summed E-state index contributed by atoms with van der Waals surface area (Å²) in [5.74, 6) is 0.377. The Hall–Kier alpha value is -1.36. The first-order chi connectivity index (χ1) is 7.96. The third kappa shape index (κ3) is 3.85. The fourth-order valence-corrected chi connectivity index (χ4v) is 1.45. The summed E-state index contributed by atoms with van der Waals surface area (Å²) < 4.78 is 6.86. The second-order valence-corrected chi connectivity index (χ2v) is 4.75. The zero-order chi connectivity index (χ0) is 12.9. The second kappa shape index (κ2) is 5.82. The van der Waals surface area contributed by atoms with Crippen LogP contribution in [0.5, 0.6) is 0 Å². The Bertz CT molecular complexity index is 407. The first-order valence-electron chi connectivity index (χ1n) is 5.86. The van der Waals surface area contributed by atoms with E-state index in [-0.39, 0.29) is 11.1 Å². The highest BCUT2D eigenvalue weighted by atomic mass is 16.5. The van der Waals surface area contributed by atoms with Crippen LogP contribution in [0.1, 0.15) is 27.7 Å². The maximum Gasteiger partial charge on any atom is 0.293 e. The van der Waals surface area contributed by atoms with Crippen LogP contribution in [0.4, 0.5) is 5.82 Å². The van der Waals surface area contributed by atoms with Crippen LogP contribution in [0.3, 0.4) is 0 Å². The van der Waals surface area contributed by atoms with Crippen LogP contribution in [0, 0.1) is 0 Å². The quantitative estimate of drug-likeness (QED) is 0.790. The fraction of sp³-hybridized carbons (Fsp3) is 0.667. The molecule has 1 N–H and O–H groups in total. The van der Waals surface area contributed by atoms with Crippen molar-refractivity contribution in [3.8, 4) is 0 Å². The van der Waals surface area contributed by atoms with Crippen molar-refractivity contribution in [2.45, 2.75) is 33.2 Å². The molecular formula is C12H21N3O2. The van der Waals surface area contributed by atoms with E-state index in [1.807, 2.05) is 27.7 Å². The Labute approximate surface area is 102 Å². The van der Waals surface area contributed by atoms with Gasteiger partial charge in [-0.25, -0.2) is 4.98 Å². The lowest BCUT2D eigenvalue weighted by molar-refractivity contribution is 0.158. The molecule has 96 valence electrons. The molecular weight excluding hydrogens is 218 g/mol. The zero-order valence-corrected chi connectivity index (χ0v) is 11.0. The highest BCUT2D eigenvalue weighted by Gasteiger charge is 2.16. The highest BCUT2D eigenvalue weighted by Crippen LogP contribution is 2.10. The van der Waals surface area contributed by atoms with Gasteiger partial charge in [0.2, 0.25) is 0 Å². The van der Waals surface area contributed by atoms with E-state index in [1.165, 1.54) is 0 Å². The summed E-state index contributed by atoms with van der Waals surface area (Å²) in [7, 11) is 0. The van der Waals surface area contributed by atoms with Crippen LogP contribution in [-0.4, -0.2) is 29.3 Å². The minimum Gasteiger partial charge on any atom is -0.380 e. The molecule has 0 saturated carbocycles. The molecule has 0 unspecified atom stereocenters. The molecule has 0 amide bonds. The van der Waals surface area contributed by atoms with Crippen molar-refractivity contribution in [3.05, 3.63) is 22.7 Å². The van der Waals surface area contributed by atoms with Crippen molar-refractivity contribution in [2.24, 2.45) is 0 Å². The molecule has 0 aliphatic rings. The summed E-state index contributed by atoms with van der Waals surface area (Å²) in [6.07, 6.45) is 3.34. The van der Waals surface area contributed by atoms with Gasteiger partial charge in [-0.3, -0.25) is 4.79 Å². The first-order valence-corrected chi connectivity index (χ1v) is 5.86. The SMILES string of the molecule is CCOCCNc1nccn(C(C)(C)C)c1=O. The molecule has 1 aromatic heterocycles. The van der Waals surface area contributed by atoms with Gasteiger partial charge in [-0.15, -0.1) is 0 Å². The lowest BCUT2D eigenvalue weighted by atomic mass is 10.1. The van der Waals surface area contributed by atoms with Gasteiger partial charge in [0.05, 0.1) is 6.61 Å². The third-order valence-electron chi connectivity index (χ3n) is 2.31. The van der Waals surface area contributed by atoms with Crippen molar-refractivity contribution in [3.63, 3.8) is 0 Å². The fourth-order valence-electron chi connectivity index (χ4n) is 1.45. The van der Waals surface area contributed by atoms with Gasteiger partial charge in [-0.1, -0.05) is 0 Å². The smallest absolute Gasteiger partial charge is 0.293 e. The Morgan fingerprint density at radius 1 is 1.47 bits per heavy atom. The number of nitrogens with one attached hydrogen (secondary N) is 1. The minimum absolute atomic E-state index is 0.100. The third-order valence-corrected chi connectivity index (χ3v) is 2.31. The zero-order valence-electron chi connectivity index (χ0n) is 11.0. The molecule has 0 atom stereocenters. The van der Waals surface area contributed by atoms with E-state index < -0.39 is 0 Å². The number of hydrogen-bond donors (Lipinski definition) is 1. The number of nitrogens with zero attached hydrogens (tertiary/aromatic N) is 2. The second-order valence-electron chi connectivity index (χ2n) is 4.75. The van der Waals surface area contributed by atoms with Crippen LogP contribution in [0.25, 0.3) is 0 Å². The van der Waals surface area contributed by atoms with Gasteiger partial charge in [0.15, 0.2) is 5.82 Å². The topological polar surface area (TPSA) is 56.1 Å². The van der Waals surface area contributed by atoms with Crippen molar-refractivity contribution >= 4 is 5.82 Å². The van der Waals surface area contributed by atoms with E-state index in [2.05, 4.69) is 10.3 Å². The molecule has 0 saturated heterocycles. The van der Waals surface area contributed by atoms with Gasteiger partial charge in [-0.2, -0.15) is 0 Å². The summed E-state index contributed by atoms with van der Waals surface area (Å²) in [4.78, 5) is 16.1. The van der Waals surface area contributed by atoms with E-state index in [0.29, 0.717) is 25.6 Å². The molecule has 5 nitrogen and oxygen atoms in total. The Kier molecular flexibility index (Phi) is 4.69. The lowest BCUT2D eigenvalue weighted by Gasteiger charge is -2.22.